The highest BCUT2D eigenvalue weighted by Crippen LogP contribution is 2.38. The summed E-state index contributed by atoms with van der Waals surface area (Å²) < 4.78 is 11.1. The molecule has 6 heteroatoms. The Bertz CT molecular complexity index is 737. The van der Waals surface area contributed by atoms with Crippen LogP contribution in [-0.2, 0) is 11.3 Å². The van der Waals surface area contributed by atoms with Crippen LogP contribution in [0.3, 0.4) is 0 Å². The van der Waals surface area contributed by atoms with Gasteiger partial charge in [0.1, 0.15) is 5.75 Å². The summed E-state index contributed by atoms with van der Waals surface area (Å²) >= 11 is 0. The lowest BCUT2D eigenvalue weighted by Crippen LogP contribution is -2.37. The van der Waals surface area contributed by atoms with Gasteiger partial charge < -0.3 is 14.2 Å². The Kier molecular flexibility index (Phi) is 4.55. The third kappa shape index (κ3) is 3.75. The smallest absolute Gasteiger partial charge is 0.263 e. The Morgan fingerprint density at radius 1 is 1.42 bits per heavy atom. The fourth-order valence-corrected chi connectivity index (χ4v) is 2.50. The Morgan fingerprint density at radius 2 is 2.17 bits per heavy atom. The second-order valence-electron chi connectivity index (χ2n) is 6.55. The van der Waals surface area contributed by atoms with Crippen LogP contribution in [-0.4, -0.2) is 34.1 Å². The molecule has 0 spiro atoms. The van der Waals surface area contributed by atoms with Gasteiger partial charge in [0.2, 0.25) is 5.89 Å². The number of ether oxygens (including phenoxy) is 1. The number of nitrogens with zero attached hydrogens (tertiary/aromatic N) is 3. The van der Waals surface area contributed by atoms with Gasteiger partial charge in [-0.1, -0.05) is 17.3 Å². The van der Waals surface area contributed by atoms with Gasteiger partial charge in [0.25, 0.3) is 5.91 Å². The van der Waals surface area contributed by atoms with Crippen molar-refractivity contribution in [3.8, 4) is 5.75 Å². The number of carbonyl (C=O) groups is 1. The molecule has 0 saturated heterocycles. The molecule has 1 amide bonds. The topological polar surface area (TPSA) is 68.5 Å². The second-order valence-corrected chi connectivity index (χ2v) is 6.55. The zero-order valence-electron chi connectivity index (χ0n) is 14.6. The molecule has 24 heavy (non-hydrogen) atoms. The molecule has 0 aliphatic heterocycles. The Labute approximate surface area is 141 Å². The molecular weight excluding hydrogens is 306 g/mol. The number of rotatable bonds is 6. The average Bonchev–Trinajstić information content (AvgIpc) is 3.30. The molecule has 1 atom stereocenters. The first-order valence-corrected chi connectivity index (χ1v) is 8.25. The van der Waals surface area contributed by atoms with Crippen molar-refractivity contribution >= 4 is 5.91 Å². The van der Waals surface area contributed by atoms with E-state index in [4.69, 9.17) is 9.26 Å². The van der Waals surface area contributed by atoms with Crippen LogP contribution < -0.4 is 4.74 Å². The summed E-state index contributed by atoms with van der Waals surface area (Å²) in [6.07, 6.45) is 1.64. The van der Waals surface area contributed by atoms with Gasteiger partial charge in [-0.2, -0.15) is 4.98 Å². The van der Waals surface area contributed by atoms with Crippen LogP contribution in [0, 0.1) is 13.8 Å². The SMILES string of the molecule is Cc1ccc(C)c(O[C@@H](C)C(=O)N(C)Cc2noc(C3CC3)n2)c1. The number of hydrogen-bond acceptors (Lipinski definition) is 5. The number of carbonyl (C=O) groups excluding carboxylic acids is 1. The zero-order valence-corrected chi connectivity index (χ0v) is 14.6. The molecule has 128 valence electrons. The van der Waals surface area contributed by atoms with Gasteiger partial charge in [-0.25, -0.2) is 0 Å². The molecule has 1 aromatic carbocycles. The fraction of sp³-hybridized carbons (Fsp3) is 0.500. The molecule has 3 rings (SSSR count). The quantitative estimate of drug-likeness (QED) is 0.815. The minimum Gasteiger partial charge on any atom is -0.481 e. The molecule has 1 aromatic heterocycles. The Morgan fingerprint density at radius 3 is 2.88 bits per heavy atom. The second kappa shape index (κ2) is 6.63. The maximum atomic E-state index is 12.5. The summed E-state index contributed by atoms with van der Waals surface area (Å²) in [5.74, 6) is 2.25. The summed E-state index contributed by atoms with van der Waals surface area (Å²) in [5, 5.41) is 3.95. The predicted octanol–water partition coefficient (Wildman–Crippen LogP) is 2.99. The van der Waals surface area contributed by atoms with Crippen LogP contribution in [0.2, 0.25) is 0 Å². The van der Waals surface area contributed by atoms with Crippen molar-refractivity contribution in [1.29, 1.82) is 0 Å². The molecule has 1 saturated carbocycles. The number of amides is 1. The number of aryl methyl sites for hydroxylation is 2. The lowest BCUT2D eigenvalue weighted by Gasteiger charge is -2.21. The van der Waals surface area contributed by atoms with E-state index in [-0.39, 0.29) is 5.91 Å². The van der Waals surface area contributed by atoms with Gasteiger partial charge in [0.15, 0.2) is 11.9 Å². The van der Waals surface area contributed by atoms with E-state index in [2.05, 4.69) is 10.1 Å². The van der Waals surface area contributed by atoms with Crippen LogP contribution in [0.15, 0.2) is 22.7 Å². The van der Waals surface area contributed by atoms with E-state index < -0.39 is 6.10 Å². The summed E-state index contributed by atoms with van der Waals surface area (Å²) in [4.78, 5) is 18.4. The predicted molar refractivity (Wildman–Crippen MR) is 88.8 cm³/mol. The summed E-state index contributed by atoms with van der Waals surface area (Å²) in [5.41, 5.74) is 2.11. The molecule has 0 radical (unpaired) electrons. The lowest BCUT2D eigenvalue weighted by atomic mass is 10.1. The van der Waals surface area contributed by atoms with Crippen LogP contribution in [0.25, 0.3) is 0 Å². The Balaban J connectivity index is 1.60. The van der Waals surface area contributed by atoms with Crippen LogP contribution >= 0.6 is 0 Å². The van der Waals surface area contributed by atoms with Crippen molar-refractivity contribution in [2.24, 2.45) is 0 Å². The molecule has 1 aliphatic carbocycles. The first kappa shape index (κ1) is 16.5. The van der Waals surface area contributed by atoms with Crippen LogP contribution in [0.4, 0.5) is 0 Å². The number of aromatic nitrogens is 2. The minimum absolute atomic E-state index is 0.117. The summed E-state index contributed by atoms with van der Waals surface area (Å²) in [6, 6.07) is 5.96. The molecular formula is C18H23N3O3. The van der Waals surface area contributed by atoms with E-state index in [1.54, 1.807) is 18.9 Å². The summed E-state index contributed by atoms with van der Waals surface area (Å²) in [7, 11) is 1.72. The molecule has 2 aromatic rings. The first-order valence-electron chi connectivity index (χ1n) is 8.25. The van der Waals surface area contributed by atoms with Crippen molar-refractivity contribution in [1.82, 2.24) is 15.0 Å². The highest BCUT2D eigenvalue weighted by molar-refractivity contribution is 5.80. The zero-order chi connectivity index (χ0) is 17.3. The van der Waals surface area contributed by atoms with Crippen molar-refractivity contribution in [3.63, 3.8) is 0 Å². The Hall–Kier alpha value is -2.37. The van der Waals surface area contributed by atoms with E-state index in [1.807, 2.05) is 32.0 Å². The largest absolute Gasteiger partial charge is 0.481 e. The van der Waals surface area contributed by atoms with E-state index in [1.165, 1.54) is 0 Å². The van der Waals surface area contributed by atoms with Crippen molar-refractivity contribution in [2.75, 3.05) is 7.05 Å². The van der Waals surface area contributed by atoms with Gasteiger partial charge >= 0.3 is 0 Å². The van der Waals surface area contributed by atoms with Gasteiger partial charge in [-0.3, -0.25) is 4.79 Å². The van der Waals surface area contributed by atoms with Crippen LogP contribution in [0.1, 0.15) is 48.5 Å². The molecule has 0 unspecified atom stereocenters. The molecule has 1 aliphatic rings. The minimum atomic E-state index is -0.578. The van der Waals surface area contributed by atoms with Gasteiger partial charge in [-0.15, -0.1) is 0 Å². The standard InChI is InChI=1S/C18H23N3O3/c1-11-5-6-12(2)15(9-11)23-13(3)18(22)21(4)10-16-19-17(24-20-16)14-7-8-14/h5-6,9,13-14H,7-8,10H2,1-4H3/t13-/m0/s1. The molecule has 1 heterocycles. The van der Waals surface area contributed by atoms with E-state index in [0.29, 0.717) is 24.2 Å². The number of likely N-dealkylation sites (N-methyl/N-ethyl adjacent to an activating group) is 1. The molecule has 0 N–H and O–H groups in total. The highest BCUT2D eigenvalue weighted by Gasteiger charge is 2.30. The maximum Gasteiger partial charge on any atom is 0.263 e. The highest BCUT2D eigenvalue weighted by atomic mass is 16.5. The molecule has 6 nitrogen and oxygen atoms in total. The third-order valence-electron chi connectivity index (χ3n) is 4.16. The normalized spacial score (nSPS) is 15.2. The van der Waals surface area contributed by atoms with E-state index >= 15 is 0 Å². The third-order valence-corrected chi connectivity index (χ3v) is 4.16. The van der Waals surface area contributed by atoms with Crippen molar-refractivity contribution < 1.29 is 14.1 Å². The lowest BCUT2D eigenvalue weighted by molar-refractivity contribution is -0.137. The number of benzene rings is 1. The van der Waals surface area contributed by atoms with Gasteiger partial charge in [0.05, 0.1) is 6.54 Å². The fourth-order valence-electron chi connectivity index (χ4n) is 2.50. The number of hydrogen-bond donors (Lipinski definition) is 0. The average molecular weight is 329 g/mol. The van der Waals surface area contributed by atoms with E-state index in [0.717, 1.165) is 29.7 Å². The first-order chi connectivity index (χ1) is 11.4. The monoisotopic (exact) mass is 329 g/mol. The molecule has 1 fully saturated rings. The van der Waals surface area contributed by atoms with E-state index in [9.17, 15) is 4.79 Å². The van der Waals surface area contributed by atoms with Crippen molar-refractivity contribution in [3.05, 3.63) is 41.0 Å². The maximum absolute atomic E-state index is 12.5. The summed E-state index contributed by atoms with van der Waals surface area (Å²) in [6.45, 7) is 6.04. The van der Waals surface area contributed by atoms with Crippen LogP contribution in [0.5, 0.6) is 5.75 Å². The van der Waals surface area contributed by atoms with Crippen molar-refractivity contribution in [2.45, 2.75) is 52.2 Å². The van der Waals surface area contributed by atoms with Gasteiger partial charge in [0, 0.05) is 13.0 Å². The van der Waals surface area contributed by atoms with Gasteiger partial charge in [-0.05, 0) is 50.8 Å². The molecule has 0 bridgehead atoms.